The molecule has 1 amide bonds. The Morgan fingerprint density at radius 3 is 2.80 bits per heavy atom. The molecular formula is C15H12ClNO3. The van der Waals surface area contributed by atoms with E-state index in [1.54, 1.807) is 42.5 Å². The van der Waals surface area contributed by atoms with Gasteiger partial charge < -0.3 is 15.2 Å². The largest absolute Gasteiger partial charge is 0.482 e. The summed E-state index contributed by atoms with van der Waals surface area (Å²) < 4.78 is 5.28. The fourth-order valence-electron chi connectivity index (χ4n) is 2.14. The van der Waals surface area contributed by atoms with Crippen molar-refractivity contribution in [2.75, 3.05) is 11.9 Å². The van der Waals surface area contributed by atoms with Gasteiger partial charge in [-0.2, -0.15) is 0 Å². The molecule has 102 valence electrons. The predicted molar refractivity (Wildman–Crippen MR) is 76.1 cm³/mol. The summed E-state index contributed by atoms with van der Waals surface area (Å²) in [6.45, 7) is 0.0171. The predicted octanol–water partition coefficient (Wildman–Crippen LogP) is 2.75. The Hall–Kier alpha value is -2.04. The number of halogens is 1. The molecule has 0 bridgehead atoms. The highest BCUT2D eigenvalue weighted by molar-refractivity contribution is 6.30. The number of rotatable bonds is 2. The zero-order valence-electron chi connectivity index (χ0n) is 10.5. The first kappa shape index (κ1) is 13.0. The average Bonchev–Trinajstić information content (AvgIpc) is 2.45. The average molecular weight is 290 g/mol. The fourth-order valence-corrected chi connectivity index (χ4v) is 2.34. The quantitative estimate of drug-likeness (QED) is 0.894. The molecule has 20 heavy (non-hydrogen) atoms. The van der Waals surface area contributed by atoms with Crippen LogP contribution >= 0.6 is 11.6 Å². The molecule has 1 unspecified atom stereocenters. The molecule has 2 aromatic rings. The second-order valence-corrected chi connectivity index (χ2v) is 4.99. The van der Waals surface area contributed by atoms with Gasteiger partial charge in [-0.3, -0.25) is 4.79 Å². The van der Waals surface area contributed by atoms with Crippen molar-refractivity contribution in [3.05, 3.63) is 58.6 Å². The summed E-state index contributed by atoms with van der Waals surface area (Å²) in [7, 11) is 0. The molecule has 0 saturated carbocycles. The minimum Gasteiger partial charge on any atom is -0.482 e. The first-order valence-electron chi connectivity index (χ1n) is 6.13. The van der Waals surface area contributed by atoms with Crippen molar-refractivity contribution in [2.45, 2.75) is 6.10 Å². The van der Waals surface area contributed by atoms with E-state index < -0.39 is 6.10 Å². The van der Waals surface area contributed by atoms with E-state index >= 15 is 0 Å². The molecule has 0 saturated heterocycles. The van der Waals surface area contributed by atoms with Gasteiger partial charge in [0.25, 0.3) is 5.91 Å². The van der Waals surface area contributed by atoms with Gasteiger partial charge in [0, 0.05) is 5.02 Å². The second kappa shape index (κ2) is 5.15. The maximum atomic E-state index is 11.3. The smallest absolute Gasteiger partial charge is 0.262 e. The lowest BCUT2D eigenvalue weighted by atomic mass is 10.0. The van der Waals surface area contributed by atoms with Crippen LogP contribution in [0.25, 0.3) is 0 Å². The summed E-state index contributed by atoms with van der Waals surface area (Å²) >= 11 is 5.92. The number of fused-ring (bicyclic) bond motifs is 1. The summed E-state index contributed by atoms with van der Waals surface area (Å²) in [5, 5.41) is 13.7. The normalized spacial score (nSPS) is 15.0. The minimum atomic E-state index is -0.808. The Kier molecular flexibility index (Phi) is 3.34. The monoisotopic (exact) mass is 289 g/mol. The van der Waals surface area contributed by atoms with Crippen molar-refractivity contribution in [3.8, 4) is 5.75 Å². The van der Waals surface area contributed by atoms with Crippen LogP contribution in [-0.2, 0) is 4.79 Å². The number of aliphatic hydroxyl groups is 1. The Bertz CT molecular complexity index is 672. The van der Waals surface area contributed by atoms with Gasteiger partial charge in [-0.1, -0.05) is 29.8 Å². The number of hydrogen-bond donors (Lipinski definition) is 2. The van der Waals surface area contributed by atoms with Crippen molar-refractivity contribution in [2.24, 2.45) is 0 Å². The molecule has 1 aliphatic heterocycles. The molecule has 2 N–H and O–H groups in total. The number of carbonyl (C=O) groups excluding carboxylic acids is 1. The number of hydrogen-bond acceptors (Lipinski definition) is 3. The highest BCUT2D eigenvalue weighted by Crippen LogP contribution is 2.32. The Balaban J connectivity index is 1.94. The Labute approximate surface area is 120 Å². The number of benzene rings is 2. The standard InChI is InChI=1S/C15H12ClNO3/c16-11-3-1-2-9(6-11)15(19)10-4-5-13-12(7-10)17-14(18)8-20-13/h1-7,15,19H,8H2,(H,17,18). The van der Waals surface area contributed by atoms with Crippen LogP contribution in [0.3, 0.4) is 0 Å². The molecule has 5 heteroatoms. The van der Waals surface area contributed by atoms with E-state index in [9.17, 15) is 9.90 Å². The lowest BCUT2D eigenvalue weighted by molar-refractivity contribution is -0.118. The molecule has 0 aliphatic carbocycles. The lowest BCUT2D eigenvalue weighted by Crippen LogP contribution is -2.25. The Morgan fingerprint density at radius 1 is 1.20 bits per heavy atom. The van der Waals surface area contributed by atoms with Crippen molar-refractivity contribution in [1.29, 1.82) is 0 Å². The van der Waals surface area contributed by atoms with Gasteiger partial charge >= 0.3 is 0 Å². The Morgan fingerprint density at radius 2 is 2.00 bits per heavy atom. The van der Waals surface area contributed by atoms with Gasteiger partial charge in [0.2, 0.25) is 0 Å². The van der Waals surface area contributed by atoms with E-state index in [1.165, 1.54) is 0 Å². The minimum absolute atomic E-state index is 0.0171. The first-order chi connectivity index (χ1) is 9.63. The number of anilines is 1. The van der Waals surface area contributed by atoms with E-state index in [1.807, 2.05) is 0 Å². The third kappa shape index (κ3) is 2.48. The number of aliphatic hydroxyl groups excluding tert-OH is 1. The highest BCUT2D eigenvalue weighted by Gasteiger charge is 2.18. The second-order valence-electron chi connectivity index (χ2n) is 4.55. The zero-order chi connectivity index (χ0) is 14.1. The summed E-state index contributed by atoms with van der Waals surface area (Å²) in [6.07, 6.45) is -0.808. The number of amides is 1. The molecule has 0 fully saturated rings. The molecule has 3 rings (SSSR count). The molecule has 1 heterocycles. The SMILES string of the molecule is O=C1COc2ccc(C(O)c3cccc(Cl)c3)cc2N1. The van der Waals surface area contributed by atoms with Crippen LogP contribution in [-0.4, -0.2) is 17.6 Å². The van der Waals surface area contributed by atoms with Crippen molar-refractivity contribution < 1.29 is 14.6 Å². The van der Waals surface area contributed by atoms with E-state index in [0.717, 1.165) is 0 Å². The number of ether oxygens (including phenoxy) is 1. The third-order valence-corrected chi connectivity index (χ3v) is 3.35. The maximum Gasteiger partial charge on any atom is 0.262 e. The summed E-state index contributed by atoms with van der Waals surface area (Å²) in [5.74, 6) is 0.401. The van der Waals surface area contributed by atoms with E-state index in [0.29, 0.717) is 27.6 Å². The van der Waals surface area contributed by atoms with Crippen LogP contribution in [0.5, 0.6) is 5.75 Å². The number of carbonyl (C=O) groups is 1. The van der Waals surface area contributed by atoms with Crippen LogP contribution < -0.4 is 10.1 Å². The molecule has 1 aliphatic rings. The lowest BCUT2D eigenvalue weighted by Gasteiger charge is -2.20. The van der Waals surface area contributed by atoms with Gasteiger partial charge in [0.05, 0.1) is 5.69 Å². The summed E-state index contributed by atoms with van der Waals surface area (Å²) in [6, 6.07) is 12.2. The molecule has 2 aromatic carbocycles. The summed E-state index contributed by atoms with van der Waals surface area (Å²) in [4.78, 5) is 11.3. The van der Waals surface area contributed by atoms with Crippen LogP contribution in [0.1, 0.15) is 17.2 Å². The van der Waals surface area contributed by atoms with Gasteiger partial charge in [0.15, 0.2) is 6.61 Å². The fraction of sp³-hybridized carbons (Fsp3) is 0.133. The van der Waals surface area contributed by atoms with Crippen molar-refractivity contribution in [3.63, 3.8) is 0 Å². The molecule has 0 radical (unpaired) electrons. The molecule has 0 aromatic heterocycles. The molecule has 0 spiro atoms. The van der Waals surface area contributed by atoms with Crippen molar-refractivity contribution >= 4 is 23.2 Å². The topological polar surface area (TPSA) is 58.6 Å². The highest BCUT2D eigenvalue weighted by atomic mass is 35.5. The van der Waals surface area contributed by atoms with Gasteiger partial charge in [-0.15, -0.1) is 0 Å². The molecular weight excluding hydrogens is 278 g/mol. The van der Waals surface area contributed by atoms with Crippen LogP contribution in [0.2, 0.25) is 5.02 Å². The zero-order valence-corrected chi connectivity index (χ0v) is 11.2. The maximum absolute atomic E-state index is 11.3. The van der Waals surface area contributed by atoms with E-state index in [-0.39, 0.29) is 12.5 Å². The van der Waals surface area contributed by atoms with E-state index in [2.05, 4.69) is 5.32 Å². The number of nitrogens with one attached hydrogen (secondary N) is 1. The van der Waals surface area contributed by atoms with Crippen LogP contribution in [0.4, 0.5) is 5.69 Å². The van der Waals surface area contributed by atoms with Gasteiger partial charge in [0.1, 0.15) is 11.9 Å². The van der Waals surface area contributed by atoms with Gasteiger partial charge in [-0.05, 0) is 35.4 Å². The van der Waals surface area contributed by atoms with E-state index in [4.69, 9.17) is 16.3 Å². The summed E-state index contributed by atoms with van der Waals surface area (Å²) in [5.41, 5.74) is 1.93. The van der Waals surface area contributed by atoms with Gasteiger partial charge in [-0.25, -0.2) is 0 Å². The molecule has 1 atom stereocenters. The van der Waals surface area contributed by atoms with Crippen LogP contribution in [0, 0.1) is 0 Å². The first-order valence-corrected chi connectivity index (χ1v) is 6.51. The van der Waals surface area contributed by atoms with Crippen molar-refractivity contribution in [1.82, 2.24) is 0 Å². The third-order valence-electron chi connectivity index (χ3n) is 3.12. The van der Waals surface area contributed by atoms with Crippen LogP contribution in [0.15, 0.2) is 42.5 Å². The molecule has 4 nitrogen and oxygen atoms in total.